The molecule has 0 fully saturated rings. The van der Waals surface area contributed by atoms with Crippen molar-refractivity contribution in [3.05, 3.63) is 48.0 Å². The number of aromatic nitrogens is 2. The molecular formula is C19H25ClN4O3. The molecule has 1 atom stereocenters. The van der Waals surface area contributed by atoms with Gasteiger partial charge in [-0.3, -0.25) is 9.59 Å². The maximum atomic E-state index is 11.8. The molecule has 0 saturated heterocycles. The van der Waals surface area contributed by atoms with E-state index in [1.54, 1.807) is 12.4 Å². The maximum absolute atomic E-state index is 11.8. The van der Waals surface area contributed by atoms with Gasteiger partial charge in [0.2, 0.25) is 5.91 Å². The van der Waals surface area contributed by atoms with Crippen LogP contribution in [0.5, 0.6) is 0 Å². The summed E-state index contributed by atoms with van der Waals surface area (Å²) in [4.78, 5) is 31.1. The standard InChI is InChI=1S/C19H24N4O3.ClH/c1-19(2,3)15-5-12(14-9-21-11-22-10-14)4-13(6-15)16(7-18(25)26)23-17(24)8-20;/h4-6,9-11,16H,7-8,20H2,1-3H3,(H,23,24)(H,25,26);1H. The van der Waals surface area contributed by atoms with Crippen LogP contribution in [0.2, 0.25) is 0 Å². The topological polar surface area (TPSA) is 118 Å². The van der Waals surface area contributed by atoms with Gasteiger partial charge in [0.25, 0.3) is 0 Å². The summed E-state index contributed by atoms with van der Waals surface area (Å²) in [6.07, 6.45) is 4.61. The molecule has 0 bridgehead atoms. The average Bonchev–Trinajstić information content (AvgIpc) is 2.60. The van der Waals surface area contributed by atoms with Crippen LogP contribution >= 0.6 is 12.4 Å². The molecule has 0 spiro atoms. The first-order valence-electron chi connectivity index (χ1n) is 8.33. The predicted molar refractivity (Wildman–Crippen MR) is 106 cm³/mol. The number of amides is 1. The second-order valence-electron chi connectivity index (χ2n) is 7.14. The summed E-state index contributed by atoms with van der Waals surface area (Å²) in [5.41, 5.74) is 8.63. The molecule has 0 radical (unpaired) electrons. The van der Waals surface area contributed by atoms with Gasteiger partial charge in [0.1, 0.15) is 6.33 Å². The van der Waals surface area contributed by atoms with Gasteiger partial charge in [-0.2, -0.15) is 0 Å². The molecule has 7 nitrogen and oxygen atoms in total. The first kappa shape index (κ1) is 22.5. The van der Waals surface area contributed by atoms with Crippen LogP contribution in [0.3, 0.4) is 0 Å². The lowest BCUT2D eigenvalue weighted by Gasteiger charge is -2.24. The monoisotopic (exact) mass is 392 g/mol. The SMILES string of the molecule is CC(C)(C)c1cc(-c2cncnc2)cc(C(CC(=O)O)NC(=O)CN)c1.Cl. The van der Waals surface area contributed by atoms with E-state index in [1.807, 2.05) is 18.2 Å². The number of carboxylic acids is 1. The third-order valence-corrected chi connectivity index (χ3v) is 4.02. The number of nitrogens with zero attached hydrogens (tertiary/aromatic N) is 2. The second kappa shape index (κ2) is 9.43. The van der Waals surface area contributed by atoms with Gasteiger partial charge in [0.15, 0.2) is 0 Å². The Morgan fingerprint density at radius 1 is 1.15 bits per heavy atom. The van der Waals surface area contributed by atoms with Gasteiger partial charge in [0.05, 0.1) is 19.0 Å². The van der Waals surface area contributed by atoms with E-state index in [2.05, 4.69) is 36.1 Å². The van der Waals surface area contributed by atoms with Crippen LogP contribution in [0.4, 0.5) is 0 Å². The van der Waals surface area contributed by atoms with Crippen molar-refractivity contribution in [2.24, 2.45) is 5.73 Å². The number of aliphatic carboxylic acids is 1. The second-order valence-corrected chi connectivity index (χ2v) is 7.14. The van der Waals surface area contributed by atoms with E-state index in [1.165, 1.54) is 6.33 Å². The lowest BCUT2D eigenvalue weighted by atomic mass is 9.83. The highest BCUT2D eigenvalue weighted by Gasteiger charge is 2.22. The van der Waals surface area contributed by atoms with Crippen molar-refractivity contribution in [1.82, 2.24) is 15.3 Å². The van der Waals surface area contributed by atoms with E-state index in [9.17, 15) is 14.7 Å². The smallest absolute Gasteiger partial charge is 0.305 e. The van der Waals surface area contributed by atoms with Crippen molar-refractivity contribution in [3.8, 4) is 11.1 Å². The fourth-order valence-corrected chi connectivity index (χ4v) is 2.58. The number of nitrogens with one attached hydrogen (secondary N) is 1. The van der Waals surface area contributed by atoms with Gasteiger partial charge in [0, 0.05) is 18.0 Å². The Labute approximate surface area is 164 Å². The predicted octanol–water partition coefficient (Wildman–Crippen LogP) is 2.45. The van der Waals surface area contributed by atoms with E-state index < -0.39 is 17.9 Å². The molecule has 27 heavy (non-hydrogen) atoms. The fraction of sp³-hybridized carbons (Fsp3) is 0.368. The van der Waals surface area contributed by atoms with Gasteiger partial charge in [-0.15, -0.1) is 12.4 Å². The molecule has 4 N–H and O–H groups in total. The summed E-state index contributed by atoms with van der Waals surface area (Å²) in [5.74, 6) is -1.40. The van der Waals surface area contributed by atoms with Gasteiger partial charge in [-0.1, -0.05) is 32.9 Å². The number of benzene rings is 1. The molecular weight excluding hydrogens is 368 g/mol. The summed E-state index contributed by atoms with van der Waals surface area (Å²) >= 11 is 0. The van der Waals surface area contributed by atoms with E-state index >= 15 is 0 Å². The molecule has 0 aliphatic heterocycles. The zero-order chi connectivity index (χ0) is 19.3. The Balaban J connectivity index is 0.00000364. The van der Waals surface area contributed by atoms with Crippen LogP contribution in [0.1, 0.15) is 44.4 Å². The Bertz CT molecular complexity index is 791. The Hall–Kier alpha value is -2.51. The van der Waals surface area contributed by atoms with Gasteiger partial charge < -0.3 is 16.2 Å². The Morgan fingerprint density at radius 2 is 1.78 bits per heavy atom. The van der Waals surface area contributed by atoms with E-state index in [0.29, 0.717) is 5.56 Å². The summed E-state index contributed by atoms with van der Waals surface area (Å²) < 4.78 is 0. The summed E-state index contributed by atoms with van der Waals surface area (Å²) in [5, 5.41) is 11.9. The molecule has 2 rings (SSSR count). The molecule has 1 heterocycles. The van der Waals surface area contributed by atoms with E-state index in [-0.39, 0.29) is 30.8 Å². The lowest BCUT2D eigenvalue weighted by Crippen LogP contribution is -2.35. The molecule has 1 aromatic carbocycles. The third kappa shape index (κ3) is 6.30. The highest BCUT2D eigenvalue weighted by atomic mass is 35.5. The molecule has 1 aromatic heterocycles. The number of carbonyl (C=O) groups is 2. The number of nitrogens with two attached hydrogens (primary N) is 1. The lowest BCUT2D eigenvalue weighted by molar-refractivity contribution is -0.137. The van der Waals surface area contributed by atoms with Crippen LogP contribution in [0, 0.1) is 0 Å². The highest BCUT2D eigenvalue weighted by molar-refractivity contribution is 5.85. The zero-order valence-electron chi connectivity index (χ0n) is 15.6. The number of carbonyl (C=O) groups excluding carboxylic acids is 1. The van der Waals surface area contributed by atoms with Crippen LogP contribution in [-0.4, -0.2) is 33.5 Å². The highest BCUT2D eigenvalue weighted by Crippen LogP contribution is 2.31. The zero-order valence-corrected chi connectivity index (χ0v) is 16.4. The van der Waals surface area contributed by atoms with Gasteiger partial charge >= 0.3 is 5.97 Å². The van der Waals surface area contributed by atoms with Crippen LogP contribution < -0.4 is 11.1 Å². The minimum absolute atomic E-state index is 0. The van der Waals surface area contributed by atoms with Crippen LogP contribution in [0.25, 0.3) is 11.1 Å². The molecule has 1 amide bonds. The number of rotatable bonds is 6. The summed E-state index contributed by atoms with van der Waals surface area (Å²) in [6, 6.07) is 5.15. The first-order valence-corrected chi connectivity index (χ1v) is 8.33. The minimum atomic E-state index is -1.00. The first-order chi connectivity index (χ1) is 12.2. The van der Waals surface area contributed by atoms with Crippen molar-refractivity contribution in [2.75, 3.05) is 6.54 Å². The van der Waals surface area contributed by atoms with Crippen molar-refractivity contribution >= 4 is 24.3 Å². The van der Waals surface area contributed by atoms with Crippen molar-refractivity contribution in [3.63, 3.8) is 0 Å². The van der Waals surface area contributed by atoms with Crippen molar-refractivity contribution in [2.45, 2.75) is 38.6 Å². The van der Waals surface area contributed by atoms with Crippen LogP contribution in [0.15, 0.2) is 36.9 Å². The maximum Gasteiger partial charge on any atom is 0.305 e. The third-order valence-electron chi connectivity index (χ3n) is 4.02. The normalized spacial score (nSPS) is 12.0. The number of carboxylic acid groups (broad SMARTS) is 1. The quantitative estimate of drug-likeness (QED) is 0.694. The molecule has 146 valence electrons. The fourth-order valence-electron chi connectivity index (χ4n) is 2.58. The molecule has 8 heteroatoms. The van der Waals surface area contributed by atoms with Crippen molar-refractivity contribution < 1.29 is 14.7 Å². The van der Waals surface area contributed by atoms with E-state index in [0.717, 1.165) is 16.7 Å². The van der Waals surface area contributed by atoms with Gasteiger partial charge in [-0.05, 0) is 28.2 Å². The minimum Gasteiger partial charge on any atom is -0.481 e. The molecule has 2 aromatic rings. The number of halogens is 1. The molecule has 0 aliphatic rings. The number of hydrogen-bond acceptors (Lipinski definition) is 5. The summed E-state index contributed by atoms with van der Waals surface area (Å²) in [6.45, 7) is 6.01. The Morgan fingerprint density at radius 3 is 2.30 bits per heavy atom. The van der Waals surface area contributed by atoms with Gasteiger partial charge in [-0.25, -0.2) is 9.97 Å². The summed E-state index contributed by atoms with van der Waals surface area (Å²) in [7, 11) is 0. The van der Waals surface area contributed by atoms with Crippen molar-refractivity contribution in [1.29, 1.82) is 0 Å². The number of hydrogen-bond donors (Lipinski definition) is 3. The van der Waals surface area contributed by atoms with Crippen LogP contribution in [-0.2, 0) is 15.0 Å². The van der Waals surface area contributed by atoms with E-state index in [4.69, 9.17) is 5.73 Å². The Kier molecular flexibility index (Phi) is 7.87. The molecule has 0 saturated carbocycles. The molecule has 0 aliphatic carbocycles. The average molecular weight is 393 g/mol. The molecule has 1 unspecified atom stereocenters. The largest absolute Gasteiger partial charge is 0.481 e.